The van der Waals surface area contributed by atoms with E-state index in [1.54, 1.807) is 0 Å². The topological polar surface area (TPSA) is 17.8 Å². The van der Waals surface area contributed by atoms with Gasteiger partial charge in [-0.15, -0.1) is 0 Å². The summed E-state index contributed by atoms with van der Waals surface area (Å²) in [5.41, 5.74) is 6.66. The molecule has 7 rings (SSSR count). The molecule has 0 fully saturated rings. The van der Waals surface area contributed by atoms with Crippen LogP contribution in [0.4, 0.5) is 0 Å². The molecule has 0 saturated carbocycles. The molecule has 0 unspecified atom stereocenters. The number of benzene rings is 6. The minimum Gasteiger partial charge on any atom is -0.292 e. The number of fused-ring (bicyclic) bond motifs is 6. The molecule has 0 bridgehead atoms. The summed E-state index contributed by atoms with van der Waals surface area (Å²) in [6, 6.07) is 44.8. The zero-order valence-corrected chi connectivity index (χ0v) is 22.1. The zero-order chi connectivity index (χ0) is 25.5. The first kappa shape index (κ1) is 22.7. The smallest absolute Gasteiger partial charge is 0.145 e. The van der Waals surface area contributed by atoms with Crippen LogP contribution >= 0.6 is 15.9 Å². The Kier molecular flexibility index (Phi) is 5.64. The summed E-state index contributed by atoms with van der Waals surface area (Å²) in [5.74, 6) is 0.945. The van der Waals surface area contributed by atoms with Crippen molar-refractivity contribution in [3.05, 3.63) is 143 Å². The molecule has 0 amide bonds. The molecule has 180 valence electrons. The number of rotatable bonds is 4. The van der Waals surface area contributed by atoms with Crippen molar-refractivity contribution >= 4 is 60.7 Å². The Morgan fingerprint density at radius 1 is 0.526 bits per heavy atom. The first-order valence-electron chi connectivity index (χ1n) is 12.7. The van der Waals surface area contributed by atoms with E-state index in [0.717, 1.165) is 38.1 Å². The molecule has 3 heteroatoms. The maximum Gasteiger partial charge on any atom is 0.145 e. The zero-order valence-electron chi connectivity index (χ0n) is 20.6. The number of halogens is 1. The van der Waals surface area contributed by atoms with Crippen LogP contribution in [0.3, 0.4) is 0 Å². The van der Waals surface area contributed by atoms with Gasteiger partial charge in [-0.25, -0.2) is 4.98 Å². The fourth-order valence-corrected chi connectivity index (χ4v) is 5.50. The number of hydrogen-bond acceptors (Lipinski definition) is 1. The molecular formula is C35H23BrN2. The fraction of sp³-hybridized carbons (Fsp3) is 0. The Morgan fingerprint density at radius 2 is 1.05 bits per heavy atom. The third kappa shape index (κ3) is 3.93. The molecule has 0 aliphatic heterocycles. The average molecular weight is 551 g/mol. The highest BCUT2D eigenvalue weighted by Crippen LogP contribution is 2.39. The molecule has 6 aromatic carbocycles. The van der Waals surface area contributed by atoms with Gasteiger partial charge in [0.05, 0.1) is 11.0 Å². The first-order chi connectivity index (χ1) is 18.8. The van der Waals surface area contributed by atoms with Gasteiger partial charge < -0.3 is 0 Å². The monoisotopic (exact) mass is 550 g/mol. The van der Waals surface area contributed by atoms with Crippen LogP contribution in [-0.2, 0) is 0 Å². The Balaban J connectivity index is 1.46. The van der Waals surface area contributed by atoms with Gasteiger partial charge >= 0.3 is 0 Å². The van der Waals surface area contributed by atoms with Crippen molar-refractivity contribution in [2.75, 3.05) is 0 Å². The summed E-state index contributed by atoms with van der Waals surface area (Å²) in [6.07, 6.45) is 4.29. The Labute approximate surface area is 229 Å². The van der Waals surface area contributed by atoms with Crippen LogP contribution in [0.1, 0.15) is 11.1 Å². The molecule has 0 atom stereocenters. The SMILES string of the molecule is Brc1ccc(/C=C/c2ccc(-n3c(-c4ccccc4)nc4c5ccccc5c5ccccc5c43)cc2)cc1. The van der Waals surface area contributed by atoms with Crippen LogP contribution in [0.2, 0.25) is 0 Å². The van der Waals surface area contributed by atoms with Gasteiger partial charge in [-0.1, -0.05) is 131 Å². The Hall–Kier alpha value is -4.47. The summed E-state index contributed by atoms with van der Waals surface area (Å²) in [6.45, 7) is 0. The van der Waals surface area contributed by atoms with Crippen molar-refractivity contribution in [2.45, 2.75) is 0 Å². The second-order valence-corrected chi connectivity index (χ2v) is 10.3. The van der Waals surface area contributed by atoms with E-state index in [1.165, 1.54) is 27.1 Å². The largest absolute Gasteiger partial charge is 0.292 e. The maximum atomic E-state index is 5.29. The summed E-state index contributed by atoms with van der Waals surface area (Å²) < 4.78 is 3.41. The number of aromatic nitrogens is 2. The van der Waals surface area contributed by atoms with E-state index in [1.807, 2.05) is 6.07 Å². The molecule has 0 spiro atoms. The van der Waals surface area contributed by atoms with Crippen LogP contribution < -0.4 is 0 Å². The third-order valence-corrected chi connectivity index (χ3v) is 7.58. The standard InChI is InChI=1S/C35H23BrN2/c36-27-20-16-24(17-21-27)14-15-25-18-22-28(23-19-25)38-34-32-13-7-5-11-30(32)29-10-4-6-12-31(29)33(34)37-35(38)26-8-2-1-3-9-26/h1-23H/b15-14+. The molecule has 38 heavy (non-hydrogen) atoms. The van der Waals surface area contributed by atoms with E-state index in [4.69, 9.17) is 4.98 Å². The van der Waals surface area contributed by atoms with Crippen molar-refractivity contribution in [3.63, 3.8) is 0 Å². The minimum atomic E-state index is 0.945. The van der Waals surface area contributed by atoms with Gasteiger partial charge in [0.15, 0.2) is 0 Å². The van der Waals surface area contributed by atoms with E-state index in [2.05, 4.69) is 154 Å². The summed E-state index contributed by atoms with van der Waals surface area (Å²) >= 11 is 3.50. The summed E-state index contributed by atoms with van der Waals surface area (Å²) in [7, 11) is 0. The lowest BCUT2D eigenvalue weighted by Crippen LogP contribution is -1.98. The van der Waals surface area contributed by atoms with Crippen LogP contribution in [0.25, 0.3) is 61.8 Å². The number of nitrogens with zero attached hydrogens (tertiary/aromatic N) is 2. The maximum absolute atomic E-state index is 5.29. The molecule has 0 N–H and O–H groups in total. The lowest BCUT2D eigenvalue weighted by Gasteiger charge is -2.13. The van der Waals surface area contributed by atoms with Gasteiger partial charge in [0.2, 0.25) is 0 Å². The van der Waals surface area contributed by atoms with E-state index in [9.17, 15) is 0 Å². The highest BCUT2D eigenvalue weighted by Gasteiger charge is 2.19. The molecule has 0 saturated heterocycles. The van der Waals surface area contributed by atoms with Crippen LogP contribution in [-0.4, -0.2) is 9.55 Å². The molecule has 0 radical (unpaired) electrons. The van der Waals surface area contributed by atoms with E-state index >= 15 is 0 Å². The van der Waals surface area contributed by atoms with Gasteiger partial charge in [0.1, 0.15) is 5.82 Å². The predicted octanol–water partition coefficient (Wildman–Crippen LogP) is 9.93. The lowest BCUT2D eigenvalue weighted by molar-refractivity contribution is 1.11. The number of imidazole rings is 1. The van der Waals surface area contributed by atoms with Crippen molar-refractivity contribution in [3.8, 4) is 17.1 Å². The molecule has 0 aliphatic carbocycles. The van der Waals surface area contributed by atoms with Crippen molar-refractivity contribution < 1.29 is 0 Å². The van der Waals surface area contributed by atoms with Gasteiger partial charge in [-0.3, -0.25) is 4.57 Å². The molecule has 1 aromatic heterocycles. The first-order valence-corrected chi connectivity index (χ1v) is 13.5. The fourth-order valence-electron chi connectivity index (χ4n) is 5.24. The average Bonchev–Trinajstić information content (AvgIpc) is 3.39. The Morgan fingerprint density at radius 3 is 1.71 bits per heavy atom. The summed E-state index contributed by atoms with van der Waals surface area (Å²) in [4.78, 5) is 5.29. The van der Waals surface area contributed by atoms with Gasteiger partial charge in [0.25, 0.3) is 0 Å². The van der Waals surface area contributed by atoms with Crippen LogP contribution in [0.15, 0.2) is 132 Å². The van der Waals surface area contributed by atoms with Gasteiger partial charge in [-0.2, -0.15) is 0 Å². The van der Waals surface area contributed by atoms with Crippen molar-refractivity contribution in [1.29, 1.82) is 0 Å². The normalized spacial score (nSPS) is 11.7. The van der Waals surface area contributed by atoms with Crippen LogP contribution in [0, 0.1) is 0 Å². The molecule has 0 aliphatic rings. The molecule has 2 nitrogen and oxygen atoms in total. The van der Waals surface area contributed by atoms with Crippen molar-refractivity contribution in [2.24, 2.45) is 0 Å². The molecule has 7 aromatic rings. The predicted molar refractivity (Wildman–Crippen MR) is 165 cm³/mol. The van der Waals surface area contributed by atoms with E-state index < -0.39 is 0 Å². The quantitative estimate of drug-likeness (QED) is 0.157. The van der Waals surface area contributed by atoms with E-state index in [0.29, 0.717) is 0 Å². The highest BCUT2D eigenvalue weighted by atomic mass is 79.9. The second kappa shape index (κ2) is 9.44. The van der Waals surface area contributed by atoms with Crippen LogP contribution in [0.5, 0.6) is 0 Å². The number of hydrogen-bond donors (Lipinski definition) is 0. The Bertz CT molecular complexity index is 1950. The molecule has 1 heterocycles. The molecular weight excluding hydrogens is 528 g/mol. The third-order valence-electron chi connectivity index (χ3n) is 7.05. The van der Waals surface area contributed by atoms with E-state index in [-0.39, 0.29) is 0 Å². The highest BCUT2D eigenvalue weighted by molar-refractivity contribution is 9.10. The van der Waals surface area contributed by atoms with Gasteiger partial charge in [-0.05, 0) is 46.2 Å². The lowest BCUT2D eigenvalue weighted by atomic mass is 10.00. The van der Waals surface area contributed by atoms with Crippen molar-refractivity contribution in [1.82, 2.24) is 9.55 Å². The summed E-state index contributed by atoms with van der Waals surface area (Å²) in [5, 5.41) is 4.85. The van der Waals surface area contributed by atoms with Gasteiger partial charge in [0, 0.05) is 26.5 Å². The minimum absolute atomic E-state index is 0.945. The second-order valence-electron chi connectivity index (χ2n) is 9.40.